The molecule has 2 nitrogen and oxygen atoms in total. The largest absolute Gasteiger partial charge is 0.384 e. The molecule has 0 saturated carbocycles. The van der Waals surface area contributed by atoms with Crippen LogP contribution in [0.2, 0.25) is 0 Å². The number of rotatable bonds is 3. The minimum Gasteiger partial charge on any atom is -0.384 e. The molecule has 0 saturated heterocycles. The fourth-order valence-corrected chi connectivity index (χ4v) is 2.76. The van der Waals surface area contributed by atoms with Gasteiger partial charge in [-0.05, 0) is 31.2 Å². The Morgan fingerprint density at radius 1 is 1.22 bits per heavy atom. The molecule has 0 aliphatic carbocycles. The van der Waals surface area contributed by atoms with Crippen LogP contribution >= 0.6 is 11.8 Å². The topological polar surface area (TPSA) is 49.9 Å². The van der Waals surface area contributed by atoms with E-state index in [4.69, 9.17) is 11.1 Å². The van der Waals surface area contributed by atoms with E-state index >= 15 is 0 Å². The molecule has 0 heterocycles. The molecule has 0 unspecified atom stereocenters. The minimum absolute atomic E-state index is 0.170. The zero-order valence-corrected chi connectivity index (χ0v) is 10.7. The zero-order valence-electron chi connectivity index (χ0n) is 9.91. The maximum atomic E-state index is 13.6. The molecule has 0 aromatic heterocycles. The van der Waals surface area contributed by atoms with Crippen LogP contribution in [0, 0.1) is 18.2 Å². The fraction of sp³-hybridized carbons (Fsp3) is 0.0714. The van der Waals surface area contributed by atoms with Crippen molar-refractivity contribution >= 4 is 17.6 Å². The summed E-state index contributed by atoms with van der Waals surface area (Å²) in [6.45, 7) is 2.00. The quantitative estimate of drug-likeness (QED) is 0.654. The first-order chi connectivity index (χ1) is 8.58. The van der Waals surface area contributed by atoms with E-state index in [9.17, 15) is 4.39 Å². The maximum Gasteiger partial charge on any atom is 0.135 e. The monoisotopic (exact) mass is 260 g/mol. The van der Waals surface area contributed by atoms with Gasteiger partial charge >= 0.3 is 0 Å². The van der Waals surface area contributed by atoms with Crippen molar-refractivity contribution in [3.05, 3.63) is 59.4 Å². The van der Waals surface area contributed by atoms with Crippen LogP contribution in [0.15, 0.2) is 52.3 Å². The number of halogens is 1. The van der Waals surface area contributed by atoms with Crippen molar-refractivity contribution < 1.29 is 4.39 Å². The molecule has 0 aliphatic heterocycles. The number of aryl methyl sites for hydroxylation is 1. The number of hydrogen-bond donors (Lipinski definition) is 2. The molecule has 0 fully saturated rings. The summed E-state index contributed by atoms with van der Waals surface area (Å²) in [5.41, 5.74) is 6.74. The lowest BCUT2D eigenvalue weighted by atomic mass is 10.2. The van der Waals surface area contributed by atoms with Crippen molar-refractivity contribution in [2.45, 2.75) is 16.7 Å². The average molecular weight is 260 g/mol. The second kappa shape index (κ2) is 5.23. The third-order valence-electron chi connectivity index (χ3n) is 2.46. The zero-order chi connectivity index (χ0) is 13.1. The van der Waals surface area contributed by atoms with Gasteiger partial charge in [0.05, 0.1) is 5.56 Å². The van der Waals surface area contributed by atoms with Gasteiger partial charge < -0.3 is 5.73 Å². The van der Waals surface area contributed by atoms with Crippen LogP contribution in [0.3, 0.4) is 0 Å². The van der Waals surface area contributed by atoms with E-state index in [1.807, 2.05) is 31.2 Å². The average Bonchev–Trinajstić information content (AvgIpc) is 2.28. The Morgan fingerprint density at radius 3 is 2.61 bits per heavy atom. The predicted octanol–water partition coefficient (Wildman–Crippen LogP) is 3.57. The molecule has 0 atom stereocenters. The predicted molar refractivity (Wildman–Crippen MR) is 72.7 cm³/mol. The Morgan fingerprint density at radius 2 is 1.94 bits per heavy atom. The highest BCUT2D eigenvalue weighted by molar-refractivity contribution is 7.99. The van der Waals surface area contributed by atoms with Crippen LogP contribution in [0.1, 0.15) is 11.1 Å². The minimum atomic E-state index is -0.458. The molecule has 0 radical (unpaired) electrons. The van der Waals surface area contributed by atoms with E-state index in [2.05, 4.69) is 0 Å². The highest BCUT2D eigenvalue weighted by atomic mass is 32.2. The van der Waals surface area contributed by atoms with Gasteiger partial charge in [-0.2, -0.15) is 0 Å². The Hall–Kier alpha value is -1.81. The Bertz CT molecular complexity index is 596. The summed E-state index contributed by atoms with van der Waals surface area (Å²) in [6.07, 6.45) is 0. The molecule has 2 rings (SSSR count). The molecule has 0 amide bonds. The van der Waals surface area contributed by atoms with Gasteiger partial charge in [-0.15, -0.1) is 0 Å². The summed E-state index contributed by atoms with van der Waals surface area (Å²) < 4.78 is 13.6. The van der Waals surface area contributed by atoms with E-state index in [1.165, 1.54) is 17.8 Å². The van der Waals surface area contributed by atoms with Gasteiger partial charge in [-0.1, -0.05) is 35.5 Å². The van der Waals surface area contributed by atoms with Crippen molar-refractivity contribution in [3.8, 4) is 0 Å². The number of nitrogens with one attached hydrogen (secondary N) is 1. The number of benzene rings is 2. The van der Waals surface area contributed by atoms with Crippen LogP contribution in [0.5, 0.6) is 0 Å². The van der Waals surface area contributed by atoms with E-state index in [-0.39, 0.29) is 11.4 Å². The van der Waals surface area contributed by atoms with Gasteiger partial charge in [0.1, 0.15) is 11.7 Å². The summed E-state index contributed by atoms with van der Waals surface area (Å²) >= 11 is 1.41. The van der Waals surface area contributed by atoms with Gasteiger partial charge in [0.25, 0.3) is 0 Å². The molecule has 92 valence electrons. The van der Waals surface area contributed by atoms with Crippen LogP contribution in [-0.4, -0.2) is 5.84 Å². The summed E-state index contributed by atoms with van der Waals surface area (Å²) in [7, 11) is 0. The van der Waals surface area contributed by atoms with Gasteiger partial charge in [-0.25, -0.2) is 4.39 Å². The van der Waals surface area contributed by atoms with Crippen molar-refractivity contribution in [1.29, 1.82) is 5.41 Å². The molecule has 0 aliphatic rings. The maximum absolute atomic E-state index is 13.6. The SMILES string of the molecule is Cc1cccc(Sc2cccc(F)c2C(=N)N)c1. The van der Waals surface area contributed by atoms with Crippen molar-refractivity contribution in [2.24, 2.45) is 5.73 Å². The third-order valence-corrected chi connectivity index (χ3v) is 3.51. The molecular weight excluding hydrogens is 247 g/mol. The van der Waals surface area contributed by atoms with Gasteiger partial charge in [0, 0.05) is 9.79 Å². The van der Waals surface area contributed by atoms with Crippen LogP contribution in [-0.2, 0) is 0 Å². The summed E-state index contributed by atoms with van der Waals surface area (Å²) in [4.78, 5) is 1.66. The van der Waals surface area contributed by atoms with Gasteiger partial charge in [0.2, 0.25) is 0 Å². The van der Waals surface area contributed by atoms with E-state index < -0.39 is 5.82 Å². The van der Waals surface area contributed by atoms with E-state index in [1.54, 1.807) is 12.1 Å². The molecule has 3 N–H and O–H groups in total. The molecular formula is C14H13FN2S. The second-order valence-electron chi connectivity index (χ2n) is 3.95. The molecule has 0 spiro atoms. The van der Waals surface area contributed by atoms with Gasteiger partial charge in [0.15, 0.2) is 0 Å². The van der Waals surface area contributed by atoms with Gasteiger partial charge in [-0.3, -0.25) is 5.41 Å². The molecule has 2 aromatic carbocycles. The fourth-order valence-electron chi connectivity index (χ4n) is 1.66. The van der Waals surface area contributed by atoms with Crippen molar-refractivity contribution in [3.63, 3.8) is 0 Å². The van der Waals surface area contributed by atoms with Crippen LogP contribution in [0.4, 0.5) is 4.39 Å². The normalized spacial score (nSPS) is 10.3. The second-order valence-corrected chi connectivity index (χ2v) is 5.06. The third kappa shape index (κ3) is 2.71. The highest BCUT2D eigenvalue weighted by Crippen LogP contribution is 2.31. The summed E-state index contributed by atoms with van der Waals surface area (Å²) in [5, 5.41) is 7.45. The lowest BCUT2D eigenvalue weighted by molar-refractivity contribution is 0.621. The molecule has 2 aromatic rings. The molecule has 0 bridgehead atoms. The van der Waals surface area contributed by atoms with Crippen LogP contribution < -0.4 is 5.73 Å². The van der Waals surface area contributed by atoms with Crippen molar-refractivity contribution in [2.75, 3.05) is 0 Å². The molecule has 4 heteroatoms. The Kier molecular flexibility index (Phi) is 3.67. The summed E-state index contributed by atoms with van der Waals surface area (Å²) in [6, 6.07) is 12.6. The first-order valence-corrected chi connectivity index (χ1v) is 6.27. The number of nitrogens with two attached hydrogens (primary N) is 1. The summed E-state index contributed by atoms with van der Waals surface area (Å²) in [5.74, 6) is -0.705. The van der Waals surface area contributed by atoms with Crippen molar-refractivity contribution in [1.82, 2.24) is 0 Å². The standard InChI is InChI=1S/C14H13FN2S/c1-9-4-2-5-10(8-9)18-12-7-3-6-11(15)13(12)14(16)17/h2-8H,1H3,(H3,16,17). The number of hydrogen-bond acceptors (Lipinski definition) is 2. The van der Waals surface area contributed by atoms with E-state index in [0.717, 1.165) is 10.5 Å². The smallest absolute Gasteiger partial charge is 0.135 e. The number of nitrogen functional groups attached to an aromatic ring is 1. The number of amidine groups is 1. The first kappa shape index (κ1) is 12.6. The Labute approximate surface area is 110 Å². The van der Waals surface area contributed by atoms with E-state index in [0.29, 0.717) is 4.90 Å². The molecule has 18 heavy (non-hydrogen) atoms. The van der Waals surface area contributed by atoms with Crippen LogP contribution in [0.25, 0.3) is 0 Å². The lowest BCUT2D eigenvalue weighted by Crippen LogP contribution is -2.14. The lowest BCUT2D eigenvalue weighted by Gasteiger charge is -2.09. The first-order valence-electron chi connectivity index (χ1n) is 5.45. The Balaban J connectivity index is 2.40. The highest BCUT2D eigenvalue weighted by Gasteiger charge is 2.12.